The Morgan fingerprint density at radius 2 is 1.81 bits per heavy atom. The van der Waals surface area contributed by atoms with Crippen molar-refractivity contribution in [2.45, 2.75) is 42.6 Å². The summed E-state index contributed by atoms with van der Waals surface area (Å²) in [6.45, 7) is 3.26. The van der Waals surface area contributed by atoms with Crippen LogP contribution >= 0.6 is 23.4 Å². The van der Waals surface area contributed by atoms with Crippen LogP contribution in [0, 0.1) is 12.7 Å². The summed E-state index contributed by atoms with van der Waals surface area (Å²) in [7, 11) is 0. The maximum Gasteiger partial charge on any atom is 0.573 e. The molecule has 0 spiro atoms. The zero-order valence-corrected chi connectivity index (χ0v) is 21.0. The Kier molecular flexibility index (Phi) is 7.61. The number of benzene rings is 3. The standard InChI is InChI=1S/C26H20ClF4NO4S/c1-14-24(37-19-7-4-17(27)5-8-19)20-9-6-18(36-26(29,30)31)12-22(20)32(14)13-16-3-10-21(28)23(11-16)35-15(2)25(33)34/h3-12,15H,13H2,1-2H3,(H,33,34)/t15-/m0/s1. The van der Waals surface area contributed by atoms with Crippen molar-refractivity contribution in [3.8, 4) is 11.5 Å². The van der Waals surface area contributed by atoms with Crippen LogP contribution in [0.5, 0.6) is 11.5 Å². The first-order valence-corrected chi connectivity index (χ1v) is 12.1. The summed E-state index contributed by atoms with van der Waals surface area (Å²) >= 11 is 7.42. The van der Waals surface area contributed by atoms with Gasteiger partial charge in [-0.3, -0.25) is 0 Å². The van der Waals surface area contributed by atoms with Crippen LogP contribution in [0.1, 0.15) is 18.2 Å². The molecule has 0 radical (unpaired) electrons. The molecular formula is C26H20ClF4NO4S. The molecule has 1 atom stereocenters. The molecule has 0 fully saturated rings. The van der Waals surface area contributed by atoms with Crippen molar-refractivity contribution in [2.24, 2.45) is 0 Å². The van der Waals surface area contributed by atoms with E-state index in [2.05, 4.69) is 4.74 Å². The normalized spacial score (nSPS) is 12.5. The number of fused-ring (bicyclic) bond motifs is 1. The van der Waals surface area contributed by atoms with Crippen molar-refractivity contribution in [1.82, 2.24) is 4.57 Å². The van der Waals surface area contributed by atoms with Crippen molar-refractivity contribution in [3.05, 3.63) is 82.8 Å². The monoisotopic (exact) mass is 553 g/mol. The first-order valence-electron chi connectivity index (χ1n) is 10.9. The van der Waals surface area contributed by atoms with E-state index < -0.39 is 24.3 Å². The minimum absolute atomic E-state index is 0.150. The number of hydrogen-bond donors (Lipinski definition) is 1. The van der Waals surface area contributed by atoms with Crippen molar-refractivity contribution >= 4 is 40.2 Å². The third-order valence-corrected chi connectivity index (χ3v) is 6.97. The van der Waals surface area contributed by atoms with Gasteiger partial charge in [-0.2, -0.15) is 0 Å². The summed E-state index contributed by atoms with van der Waals surface area (Å²) in [6.07, 6.45) is -6.13. The molecule has 1 aromatic heterocycles. The molecule has 0 bridgehead atoms. The molecule has 37 heavy (non-hydrogen) atoms. The van der Waals surface area contributed by atoms with Gasteiger partial charge in [-0.1, -0.05) is 29.4 Å². The number of aliphatic carboxylic acids is 1. The van der Waals surface area contributed by atoms with Crippen LogP contribution in [-0.4, -0.2) is 28.1 Å². The second kappa shape index (κ2) is 10.5. The zero-order valence-electron chi connectivity index (χ0n) is 19.5. The zero-order chi connectivity index (χ0) is 26.9. The van der Waals surface area contributed by atoms with E-state index in [1.807, 2.05) is 19.1 Å². The number of hydrogen-bond acceptors (Lipinski definition) is 4. The highest BCUT2D eigenvalue weighted by Gasteiger charge is 2.31. The van der Waals surface area contributed by atoms with Crippen molar-refractivity contribution in [2.75, 3.05) is 0 Å². The van der Waals surface area contributed by atoms with Gasteiger partial charge in [0.25, 0.3) is 0 Å². The summed E-state index contributed by atoms with van der Waals surface area (Å²) in [6, 6.07) is 15.3. The number of alkyl halides is 3. The lowest BCUT2D eigenvalue weighted by atomic mass is 10.2. The van der Waals surface area contributed by atoms with Crippen LogP contribution in [0.25, 0.3) is 10.9 Å². The molecule has 4 aromatic rings. The van der Waals surface area contributed by atoms with Gasteiger partial charge in [0.05, 0.1) is 5.52 Å². The van der Waals surface area contributed by atoms with Crippen molar-refractivity contribution < 1.29 is 36.9 Å². The third-order valence-electron chi connectivity index (χ3n) is 5.49. The summed E-state index contributed by atoms with van der Waals surface area (Å²) in [5.74, 6) is -2.59. The molecule has 5 nitrogen and oxygen atoms in total. The molecule has 0 unspecified atom stereocenters. The predicted molar refractivity (Wildman–Crippen MR) is 132 cm³/mol. The maximum absolute atomic E-state index is 14.3. The van der Waals surface area contributed by atoms with E-state index in [1.54, 1.807) is 22.8 Å². The quantitative estimate of drug-likeness (QED) is 0.227. The highest BCUT2D eigenvalue weighted by molar-refractivity contribution is 7.99. The largest absolute Gasteiger partial charge is 0.573 e. The highest BCUT2D eigenvalue weighted by Crippen LogP contribution is 2.40. The minimum Gasteiger partial charge on any atom is -0.479 e. The van der Waals surface area contributed by atoms with E-state index >= 15 is 0 Å². The number of carboxylic acid groups (broad SMARTS) is 1. The molecule has 0 aliphatic carbocycles. The van der Waals surface area contributed by atoms with Crippen molar-refractivity contribution in [3.63, 3.8) is 0 Å². The predicted octanol–water partition coefficient (Wildman–Crippen LogP) is 7.69. The summed E-state index contributed by atoms with van der Waals surface area (Å²) < 4.78 is 64.1. The molecule has 11 heteroatoms. The lowest BCUT2D eigenvalue weighted by molar-refractivity contribution is -0.274. The van der Waals surface area contributed by atoms with Gasteiger partial charge >= 0.3 is 12.3 Å². The SMILES string of the molecule is Cc1c(Sc2ccc(Cl)cc2)c2ccc(OC(F)(F)F)cc2n1Cc1ccc(F)c(O[C@@H](C)C(=O)O)c1. The Bertz CT molecular complexity index is 1450. The highest BCUT2D eigenvalue weighted by atomic mass is 35.5. The summed E-state index contributed by atoms with van der Waals surface area (Å²) in [5, 5.41) is 10.4. The Morgan fingerprint density at radius 1 is 1.11 bits per heavy atom. The molecular weight excluding hydrogens is 534 g/mol. The van der Waals surface area contributed by atoms with Gasteiger partial charge in [0.15, 0.2) is 17.7 Å². The van der Waals surface area contributed by atoms with Crippen LogP contribution in [0.2, 0.25) is 5.02 Å². The molecule has 4 rings (SSSR count). The second-order valence-electron chi connectivity index (χ2n) is 8.15. The molecule has 0 aliphatic rings. The fourth-order valence-corrected chi connectivity index (χ4v) is 4.91. The smallest absolute Gasteiger partial charge is 0.479 e. The van der Waals surface area contributed by atoms with Gasteiger partial charge in [-0.15, -0.1) is 13.2 Å². The molecule has 0 amide bonds. The lowest BCUT2D eigenvalue weighted by Gasteiger charge is -2.14. The van der Waals surface area contributed by atoms with E-state index in [0.717, 1.165) is 21.6 Å². The molecule has 0 saturated carbocycles. The van der Waals surface area contributed by atoms with E-state index in [4.69, 9.17) is 21.4 Å². The van der Waals surface area contributed by atoms with Gasteiger partial charge < -0.3 is 19.1 Å². The van der Waals surface area contributed by atoms with Gasteiger partial charge in [-0.25, -0.2) is 9.18 Å². The van der Waals surface area contributed by atoms with Crippen molar-refractivity contribution in [1.29, 1.82) is 0 Å². The summed E-state index contributed by atoms with van der Waals surface area (Å²) in [5.41, 5.74) is 1.78. The molecule has 0 aliphatic heterocycles. The number of nitrogens with zero attached hydrogens (tertiary/aromatic N) is 1. The average molecular weight is 554 g/mol. The van der Waals surface area contributed by atoms with E-state index in [1.165, 1.54) is 43.0 Å². The maximum atomic E-state index is 14.3. The number of rotatable bonds is 8. The second-order valence-corrected chi connectivity index (χ2v) is 9.67. The molecule has 1 N–H and O–H groups in total. The molecule has 194 valence electrons. The number of halogens is 5. The number of carboxylic acids is 1. The third kappa shape index (κ3) is 6.31. The fourth-order valence-electron chi connectivity index (χ4n) is 3.73. The van der Waals surface area contributed by atoms with Gasteiger partial charge in [0.1, 0.15) is 5.75 Å². The topological polar surface area (TPSA) is 60.7 Å². The van der Waals surface area contributed by atoms with Crippen LogP contribution in [0.3, 0.4) is 0 Å². The summed E-state index contributed by atoms with van der Waals surface area (Å²) in [4.78, 5) is 12.8. The van der Waals surface area contributed by atoms with Crippen LogP contribution < -0.4 is 9.47 Å². The van der Waals surface area contributed by atoms with Crippen LogP contribution in [0.15, 0.2) is 70.5 Å². The Labute approximate surface area is 218 Å². The minimum atomic E-state index is -4.86. The van der Waals surface area contributed by atoms with E-state index in [0.29, 0.717) is 21.5 Å². The molecule has 0 saturated heterocycles. The first-order chi connectivity index (χ1) is 17.4. The molecule has 1 heterocycles. The Hall–Kier alpha value is -3.37. The van der Waals surface area contributed by atoms with Crippen LogP contribution in [-0.2, 0) is 11.3 Å². The number of aromatic nitrogens is 1. The van der Waals surface area contributed by atoms with E-state index in [-0.39, 0.29) is 18.0 Å². The first kappa shape index (κ1) is 26.7. The molecule has 3 aromatic carbocycles. The average Bonchev–Trinajstić information content (AvgIpc) is 3.06. The van der Waals surface area contributed by atoms with Gasteiger partial charge in [0.2, 0.25) is 0 Å². The van der Waals surface area contributed by atoms with E-state index in [9.17, 15) is 22.4 Å². The van der Waals surface area contributed by atoms with Crippen LogP contribution in [0.4, 0.5) is 17.6 Å². The fraction of sp³-hybridized carbons (Fsp3) is 0.192. The number of carbonyl (C=O) groups is 1. The lowest BCUT2D eigenvalue weighted by Crippen LogP contribution is -2.23. The Balaban J connectivity index is 1.78. The number of ether oxygens (including phenoxy) is 2. The Morgan fingerprint density at radius 3 is 2.46 bits per heavy atom. The van der Waals surface area contributed by atoms with Gasteiger partial charge in [0, 0.05) is 38.5 Å². The van der Waals surface area contributed by atoms with Gasteiger partial charge in [-0.05, 0) is 67.9 Å².